The number of carboxylic acids is 1. The van der Waals surface area contributed by atoms with Crippen molar-refractivity contribution in [3.63, 3.8) is 0 Å². The van der Waals surface area contributed by atoms with Crippen LogP contribution < -0.4 is 9.47 Å². The van der Waals surface area contributed by atoms with Crippen molar-refractivity contribution in [1.29, 1.82) is 0 Å². The smallest absolute Gasteiger partial charge is 0.311 e. The number of likely N-dealkylation sites (tertiary alicyclic amines) is 1. The van der Waals surface area contributed by atoms with Gasteiger partial charge in [-0.3, -0.25) is 9.69 Å². The number of halogens is 1. The van der Waals surface area contributed by atoms with E-state index in [1.54, 1.807) is 14.2 Å². The standard InChI is InChI=1S/C17H22BrNO4/c1-22-12-6-14(18)13(15(7-12)23-2)9-19-8-11-4-3-5-17(11,10-19)16(20)21/h6-7,11H,3-5,8-10H2,1-2H3,(H,20,21)/t11-,17+/m0/s1. The number of fused-ring (bicyclic) bond motifs is 1. The number of hydrogen-bond acceptors (Lipinski definition) is 4. The summed E-state index contributed by atoms with van der Waals surface area (Å²) >= 11 is 3.59. The zero-order valence-corrected chi connectivity index (χ0v) is 15.1. The number of methoxy groups -OCH3 is 2. The van der Waals surface area contributed by atoms with Gasteiger partial charge in [0.15, 0.2) is 0 Å². The van der Waals surface area contributed by atoms with E-state index in [4.69, 9.17) is 9.47 Å². The van der Waals surface area contributed by atoms with Gasteiger partial charge in [-0.05, 0) is 24.8 Å². The number of aliphatic carboxylic acids is 1. The monoisotopic (exact) mass is 383 g/mol. The van der Waals surface area contributed by atoms with Crippen LogP contribution >= 0.6 is 15.9 Å². The summed E-state index contributed by atoms with van der Waals surface area (Å²) in [6.07, 6.45) is 2.84. The summed E-state index contributed by atoms with van der Waals surface area (Å²) in [5.41, 5.74) is 0.487. The highest BCUT2D eigenvalue weighted by Crippen LogP contribution is 2.49. The minimum atomic E-state index is -0.636. The number of rotatable bonds is 5. The van der Waals surface area contributed by atoms with Crippen LogP contribution in [0.1, 0.15) is 24.8 Å². The molecule has 0 amide bonds. The van der Waals surface area contributed by atoms with Crippen LogP contribution in [0.4, 0.5) is 0 Å². The van der Waals surface area contributed by atoms with Gasteiger partial charge in [-0.25, -0.2) is 0 Å². The molecule has 6 heteroatoms. The van der Waals surface area contributed by atoms with Crippen LogP contribution in [-0.4, -0.2) is 43.3 Å². The average molecular weight is 384 g/mol. The van der Waals surface area contributed by atoms with Gasteiger partial charge in [-0.1, -0.05) is 22.4 Å². The second-order valence-electron chi connectivity index (χ2n) is 6.51. The molecule has 1 saturated heterocycles. The molecule has 1 saturated carbocycles. The van der Waals surface area contributed by atoms with E-state index in [0.29, 0.717) is 13.1 Å². The van der Waals surface area contributed by atoms with Crippen LogP contribution in [0.25, 0.3) is 0 Å². The van der Waals surface area contributed by atoms with Crippen LogP contribution in [0, 0.1) is 11.3 Å². The summed E-state index contributed by atoms with van der Waals surface area (Å²) < 4.78 is 11.7. The van der Waals surface area contributed by atoms with E-state index < -0.39 is 11.4 Å². The summed E-state index contributed by atoms with van der Waals surface area (Å²) in [5.74, 6) is 1.13. The molecule has 2 fully saturated rings. The number of ether oxygens (including phenoxy) is 2. The fourth-order valence-electron chi connectivity index (χ4n) is 4.13. The van der Waals surface area contributed by atoms with Crippen LogP contribution in [0.2, 0.25) is 0 Å². The highest BCUT2D eigenvalue weighted by atomic mass is 79.9. The third kappa shape index (κ3) is 2.83. The van der Waals surface area contributed by atoms with Crippen LogP contribution in [0.15, 0.2) is 16.6 Å². The lowest BCUT2D eigenvalue weighted by Crippen LogP contribution is -2.35. The predicted octanol–water partition coefficient (Wildman–Crippen LogP) is 3.15. The summed E-state index contributed by atoms with van der Waals surface area (Å²) in [4.78, 5) is 14.0. The quantitative estimate of drug-likeness (QED) is 0.845. The first-order valence-corrected chi connectivity index (χ1v) is 8.65. The number of benzene rings is 1. The minimum absolute atomic E-state index is 0.267. The zero-order valence-electron chi connectivity index (χ0n) is 13.5. The molecule has 2 atom stereocenters. The molecule has 0 radical (unpaired) electrons. The van der Waals surface area contributed by atoms with Crippen LogP contribution in [-0.2, 0) is 11.3 Å². The highest BCUT2D eigenvalue weighted by molar-refractivity contribution is 9.10. The SMILES string of the molecule is COc1cc(Br)c(CN2C[C@@H]3CCC[C@@]3(C(=O)O)C2)c(OC)c1. The molecule has 1 N–H and O–H groups in total. The maximum atomic E-state index is 11.8. The molecule has 3 rings (SSSR count). The Bertz CT molecular complexity index is 621. The van der Waals surface area contributed by atoms with E-state index in [-0.39, 0.29) is 5.92 Å². The van der Waals surface area contributed by atoms with Gasteiger partial charge in [-0.15, -0.1) is 0 Å². The van der Waals surface area contributed by atoms with Crippen molar-refractivity contribution in [2.24, 2.45) is 11.3 Å². The average Bonchev–Trinajstić information content (AvgIpc) is 3.06. The van der Waals surface area contributed by atoms with Gasteiger partial charge in [0.1, 0.15) is 11.5 Å². The van der Waals surface area contributed by atoms with Crippen LogP contribution in [0.3, 0.4) is 0 Å². The molecular weight excluding hydrogens is 362 g/mol. The Morgan fingerprint density at radius 3 is 2.83 bits per heavy atom. The molecule has 1 aromatic rings. The molecule has 1 heterocycles. The predicted molar refractivity (Wildman–Crippen MR) is 89.9 cm³/mol. The maximum absolute atomic E-state index is 11.8. The summed E-state index contributed by atoms with van der Waals surface area (Å²) in [7, 11) is 3.27. The first kappa shape index (κ1) is 16.6. The van der Waals surface area contributed by atoms with E-state index in [0.717, 1.165) is 47.3 Å². The Labute approximate surface area is 144 Å². The Morgan fingerprint density at radius 2 is 2.22 bits per heavy atom. The van der Waals surface area contributed by atoms with Crippen LogP contribution in [0.5, 0.6) is 11.5 Å². The van der Waals surface area contributed by atoms with Gasteiger partial charge in [0.25, 0.3) is 0 Å². The van der Waals surface area contributed by atoms with Gasteiger partial charge in [0.05, 0.1) is 19.6 Å². The fourth-order valence-corrected chi connectivity index (χ4v) is 4.67. The lowest BCUT2D eigenvalue weighted by atomic mass is 9.81. The van der Waals surface area contributed by atoms with E-state index >= 15 is 0 Å². The molecule has 0 aromatic heterocycles. The lowest BCUT2D eigenvalue weighted by Gasteiger charge is -2.24. The van der Waals surface area contributed by atoms with Crippen molar-refractivity contribution in [1.82, 2.24) is 4.90 Å². The molecule has 2 aliphatic rings. The molecule has 1 aromatic carbocycles. The van der Waals surface area contributed by atoms with Gasteiger partial charge >= 0.3 is 5.97 Å². The Hall–Kier alpha value is -1.27. The first-order chi connectivity index (χ1) is 11.0. The number of nitrogens with zero attached hydrogens (tertiary/aromatic N) is 1. The van der Waals surface area contributed by atoms with Gasteiger partial charge in [-0.2, -0.15) is 0 Å². The van der Waals surface area contributed by atoms with Gasteiger partial charge in [0.2, 0.25) is 0 Å². The van der Waals surface area contributed by atoms with E-state index in [9.17, 15) is 9.90 Å². The Morgan fingerprint density at radius 1 is 1.43 bits per heavy atom. The first-order valence-electron chi connectivity index (χ1n) is 7.86. The summed E-state index contributed by atoms with van der Waals surface area (Å²) in [6, 6.07) is 3.78. The van der Waals surface area contributed by atoms with Gasteiger partial charge in [0, 0.05) is 35.7 Å². The maximum Gasteiger partial charge on any atom is 0.311 e. The summed E-state index contributed by atoms with van der Waals surface area (Å²) in [5, 5.41) is 9.70. The topological polar surface area (TPSA) is 59.0 Å². The van der Waals surface area contributed by atoms with Gasteiger partial charge < -0.3 is 14.6 Å². The molecule has 23 heavy (non-hydrogen) atoms. The lowest BCUT2D eigenvalue weighted by molar-refractivity contribution is -0.149. The normalized spacial score (nSPS) is 27.0. The Balaban J connectivity index is 1.83. The molecule has 0 spiro atoms. The molecule has 126 valence electrons. The van der Waals surface area contributed by atoms with Crippen molar-refractivity contribution in [2.45, 2.75) is 25.8 Å². The van der Waals surface area contributed by atoms with Crippen molar-refractivity contribution < 1.29 is 19.4 Å². The van der Waals surface area contributed by atoms with E-state index in [2.05, 4.69) is 20.8 Å². The molecule has 1 aliphatic heterocycles. The van der Waals surface area contributed by atoms with E-state index in [1.807, 2.05) is 12.1 Å². The zero-order chi connectivity index (χ0) is 16.6. The fraction of sp³-hybridized carbons (Fsp3) is 0.588. The largest absolute Gasteiger partial charge is 0.497 e. The van der Waals surface area contributed by atoms with Crippen molar-refractivity contribution >= 4 is 21.9 Å². The second kappa shape index (κ2) is 6.32. The Kier molecular flexibility index (Phi) is 4.56. The third-order valence-corrected chi connectivity index (χ3v) is 6.04. The molecule has 0 unspecified atom stereocenters. The highest BCUT2D eigenvalue weighted by Gasteiger charge is 2.54. The molecular formula is C17H22BrNO4. The van der Waals surface area contributed by atoms with Crippen molar-refractivity contribution in [3.8, 4) is 11.5 Å². The number of carboxylic acid groups (broad SMARTS) is 1. The molecule has 0 bridgehead atoms. The molecule has 1 aliphatic carbocycles. The number of hydrogen-bond donors (Lipinski definition) is 1. The number of carbonyl (C=O) groups is 1. The second-order valence-corrected chi connectivity index (χ2v) is 7.36. The molecule has 5 nitrogen and oxygen atoms in total. The van der Waals surface area contributed by atoms with Crippen molar-refractivity contribution in [2.75, 3.05) is 27.3 Å². The van der Waals surface area contributed by atoms with E-state index in [1.165, 1.54) is 0 Å². The minimum Gasteiger partial charge on any atom is -0.497 e. The van der Waals surface area contributed by atoms with Crippen molar-refractivity contribution in [3.05, 3.63) is 22.2 Å². The third-order valence-electron chi connectivity index (χ3n) is 5.33. The summed E-state index contributed by atoms with van der Waals surface area (Å²) in [6.45, 7) is 2.14.